The van der Waals surface area contributed by atoms with Crippen molar-refractivity contribution in [3.8, 4) is 0 Å². The highest BCUT2D eigenvalue weighted by molar-refractivity contribution is 5.95. The Morgan fingerprint density at radius 3 is 3.00 bits per heavy atom. The van der Waals surface area contributed by atoms with Gasteiger partial charge in [0.05, 0.1) is 17.5 Å². The molecule has 1 aromatic rings. The number of aliphatic hydroxyl groups excluding tert-OH is 1. The van der Waals surface area contributed by atoms with Crippen LogP contribution in [-0.2, 0) is 11.2 Å². The molecular formula is C16H23N3O2. The minimum absolute atomic E-state index is 0.0544. The third kappa shape index (κ3) is 3.29. The summed E-state index contributed by atoms with van der Waals surface area (Å²) in [6.07, 6.45) is 5.19. The highest BCUT2D eigenvalue weighted by Gasteiger charge is 2.21. The number of carbonyl (C=O) groups is 1. The van der Waals surface area contributed by atoms with Crippen LogP contribution in [0.1, 0.15) is 37.7 Å². The van der Waals surface area contributed by atoms with Gasteiger partial charge in [-0.25, -0.2) is 0 Å². The SMILES string of the molecule is Nc1cc2c(cc1NCC1CCCC(O)C1)CCC(=O)N2. The zero-order valence-electron chi connectivity index (χ0n) is 12.2. The molecule has 2 unspecified atom stereocenters. The first-order valence-corrected chi connectivity index (χ1v) is 7.76. The van der Waals surface area contributed by atoms with Gasteiger partial charge in [-0.2, -0.15) is 0 Å². The molecular weight excluding hydrogens is 266 g/mol. The van der Waals surface area contributed by atoms with Gasteiger partial charge in [0.25, 0.3) is 0 Å². The molecule has 5 N–H and O–H groups in total. The fourth-order valence-corrected chi connectivity index (χ4v) is 3.30. The van der Waals surface area contributed by atoms with Gasteiger partial charge in [0.1, 0.15) is 0 Å². The van der Waals surface area contributed by atoms with Crippen LogP contribution < -0.4 is 16.4 Å². The standard InChI is InChI=1S/C16H23N3O2/c17-13-8-14-11(4-5-16(21)19-14)7-15(13)18-9-10-2-1-3-12(20)6-10/h7-8,10,12,18,20H,1-6,9,17H2,(H,19,21). The number of carbonyl (C=O) groups excluding carboxylic acids is 1. The molecule has 1 aromatic carbocycles. The topological polar surface area (TPSA) is 87.4 Å². The van der Waals surface area contributed by atoms with Crippen LogP contribution in [0.2, 0.25) is 0 Å². The zero-order chi connectivity index (χ0) is 14.8. The molecule has 1 aliphatic carbocycles. The Kier molecular flexibility index (Phi) is 4.01. The van der Waals surface area contributed by atoms with Crippen molar-refractivity contribution in [3.63, 3.8) is 0 Å². The van der Waals surface area contributed by atoms with E-state index in [0.29, 0.717) is 18.0 Å². The van der Waals surface area contributed by atoms with Gasteiger partial charge in [-0.1, -0.05) is 6.42 Å². The van der Waals surface area contributed by atoms with Crippen LogP contribution in [0, 0.1) is 5.92 Å². The van der Waals surface area contributed by atoms with E-state index in [1.54, 1.807) is 0 Å². The molecule has 0 spiro atoms. The summed E-state index contributed by atoms with van der Waals surface area (Å²) in [7, 11) is 0. The minimum Gasteiger partial charge on any atom is -0.397 e. The van der Waals surface area contributed by atoms with Crippen molar-refractivity contribution in [2.45, 2.75) is 44.6 Å². The van der Waals surface area contributed by atoms with E-state index in [-0.39, 0.29) is 12.0 Å². The van der Waals surface area contributed by atoms with Crippen molar-refractivity contribution >= 4 is 23.0 Å². The first-order chi connectivity index (χ1) is 10.1. The van der Waals surface area contributed by atoms with E-state index in [4.69, 9.17) is 5.73 Å². The lowest BCUT2D eigenvalue weighted by atomic mass is 9.87. The maximum absolute atomic E-state index is 11.4. The van der Waals surface area contributed by atoms with E-state index in [1.165, 1.54) is 0 Å². The second-order valence-electron chi connectivity index (χ2n) is 6.21. The molecule has 1 saturated carbocycles. The van der Waals surface area contributed by atoms with Crippen LogP contribution >= 0.6 is 0 Å². The van der Waals surface area contributed by atoms with E-state index in [2.05, 4.69) is 10.6 Å². The number of aliphatic hydroxyl groups is 1. The summed E-state index contributed by atoms with van der Waals surface area (Å²) in [4.78, 5) is 11.4. The Balaban J connectivity index is 1.67. The molecule has 0 saturated heterocycles. The predicted octanol–water partition coefficient (Wildman–Crippen LogP) is 2.12. The third-order valence-corrected chi connectivity index (χ3v) is 4.51. The molecule has 21 heavy (non-hydrogen) atoms. The molecule has 2 aliphatic rings. The number of hydrogen-bond acceptors (Lipinski definition) is 4. The number of fused-ring (bicyclic) bond motifs is 1. The average molecular weight is 289 g/mol. The summed E-state index contributed by atoms with van der Waals surface area (Å²) >= 11 is 0. The Hall–Kier alpha value is -1.75. The van der Waals surface area contributed by atoms with Crippen LogP contribution in [0.3, 0.4) is 0 Å². The molecule has 1 fully saturated rings. The van der Waals surface area contributed by atoms with Gasteiger partial charge in [0.2, 0.25) is 5.91 Å². The Bertz CT molecular complexity index is 545. The van der Waals surface area contributed by atoms with Gasteiger partial charge < -0.3 is 21.5 Å². The largest absolute Gasteiger partial charge is 0.397 e. The Morgan fingerprint density at radius 1 is 1.33 bits per heavy atom. The highest BCUT2D eigenvalue weighted by Crippen LogP contribution is 2.32. The molecule has 0 aromatic heterocycles. The van der Waals surface area contributed by atoms with E-state index in [0.717, 1.165) is 55.6 Å². The Labute approximate surface area is 124 Å². The minimum atomic E-state index is -0.151. The monoisotopic (exact) mass is 289 g/mol. The predicted molar refractivity (Wildman–Crippen MR) is 84.3 cm³/mol. The van der Waals surface area contributed by atoms with E-state index in [9.17, 15) is 9.90 Å². The average Bonchev–Trinajstić information content (AvgIpc) is 2.45. The fraction of sp³-hybridized carbons (Fsp3) is 0.562. The van der Waals surface area contributed by atoms with Gasteiger partial charge in [-0.15, -0.1) is 0 Å². The van der Waals surface area contributed by atoms with Gasteiger partial charge in [-0.05, 0) is 49.3 Å². The van der Waals surface area contributed by atoms with E-state index in [1.807, 2.05) is 12.1 Å². The number of amides is 1. The van der Waals surface area contributed by atoms with Crippen LogP contribution in [-0.4, -0.2) is 23.7 Å². The quantitative estimate of drug-likeness (QED) is 0.642. The fourth-order valence-electron chi connectivity index (χ4n) is 3.30. The van der Waals surface area contributed by atoms with Crippen LogP contribution in [0.25, 0.3) is 0 Å². The number of benzene rings is 1. The van der Waals surface area contributed by atoms with Gasteiger partial charge >= 0.3 is 0 Å². The van der Waals surface area contributed by atoms with Gasteiger partial charge in [0.15, 0.2) is 0 Å². The first kappa shape index (κ1) is 14.2. The van der Waals surface area contributed by atoms with Crippen LogP contribution in [0.15, 0.2) is 12.1 Å². The Morgan fingerprint density at radius 2 is 2.19 bits per heavy atom. The summed E-state index contributed by atoms with van der Waals surface area (Å²) in [5, 5.41) is 16.0. The second-order valence-corrected chi connectivity index (χ2v) is 6.21. The number of aryl methyl sites for hydroxylation is 1. The maximum Gasteiger partial charge on any atom is 0.224 e. The first-order valence-electron chi connectivity index (χ1n) is 7.76. The maximum atomic E-state index is 11.4. The van der Waals surface area contributed by atoms with Crippen molar-refractivity contribution in [1.29, 1.82) is 0 Å². The summed E-state index contributed by atoms with van der Waals surface area (Å²) in [6.45, 7) is 0.840. The molecule has 5 heteroatoms. The normalized spacial score (nSPS) is 25.1. The summed E-state index contributed by atoms with van der Waals surface area (Å²) in [6, 6.07) is 3.88. The number of rotatable bonds is 3. The number of nitrogen functional groups attached to an aromatic ring is 1. The molecule has 1 heterocycles. The molecule has 0 radical (unpaired) electrons. The number of nitrogens with one attached hydrogen (secondary N) is 2. The van der Waals surface area contributed by atoms with Crippen molar-refractivity contribution in [3.05, 3.63) is 17.7 Å². The third-order valence-electron chi connectivity index (χ3n) is 4.51. The molecule has 1 aliphatic heterocycles. The number of nitrogens with two attached hydrogens (primary N) is 1. The molecule has 5 nitrogen and oxygen atoms in total. The van der Waals surface area contributed by atoms with Crippen LogP contribution in [0.5, 0.6) is 0 Å². The lowest BCUT2D eigenvalue weighted by molar-refractivity contribution is -0.116. The number of hydrogen-bond donors (Lipinski definition) is 4. The summed E-state index contributed by atoms with van der Waals surface area (Å²) < 4.78 is 0. The van der Waals surface area contributed by atoms with Crippen LogP contribution in [0.4, 0.5) is 17.1 Å². The number of anilines is 3. The summed E-state index contributed by atoms with van der Waals surface area (Å²) in [5.41, 5.74) is 9.63. The molecule has 2 atom stereocenters. The van der Waals surface area contributed by atoms with E-state index >= 15 is 0 Å². The van der Waals surface area contributed by atoms with Crippen molar-refractivity contribution < 1.29 is 9.90 Å². The molecule has 3 rings (SSSR count). The summed E-state index contributed by atoms with van der Waals surface area (Å²) in [5.74, 6) is 0.558. The van der Waals surface area contributed by atoms with Crippen molar-refractivity contribution in [2.24, 2.45) is 5.92 Å². The van der Waals surface area contributed by atoms with Crippen molar-refractivity contribution in [2.75, 3.05) is 22.9 Å². The molecule has 114 valence electrons. The highest BCUT2D eigenvalue weighted by atomic mass is 16.3. The lowest BCUT2D eigenvalue weighted by Crippen LogP contribution is -2.25. The van der Waals surface area contributed by atoms with E-state index < -0.39 is 0 Å². The zero-order valence-corrected chi connectivity index (χ0v) is 12.2. The second kappa shape index (κ2) is 5.93. The lowest BCUT2D eigenvalue weighted by Gasteiger charge is -2.27. The smallest absolute Gasteiger partial charge is 0.224 e. The molecule has 0 bridgehead atoms. The molecule has 1 amide bonds. The van der Waals surface area contributed by atoms with Gasteiger partial charge in [-0.3, -0.25) is 4.79 Å². The van der Waals surface area contributed by atoms with Gasteiger partial charge in [0, 0.05) is 18.7 Å². The van der Waals surface area contributed by atoms with Crippen molar-refractivity contribution in [1.82, 2.24) is 0 Å².